The molecule has 0 aliphatic heterocycles. The summed E-state index contributed by atoms with van der Waals surface area (Å²) in [5, 5.41) is 9.75. The molecule has 0 fully saturated rings. The van der Waals surface area contributed by atoms with Crippen LogP contribution in [0.25, 0.3) is 121 Å². The molecular weight excluding hydrogens is 721 g/mol. The molecule has 0 bridgehead atoms. The highest BCUT2D eigenvalue weighted by molar-refractivity contribution is 6.29. The third-order valence-corrected chi connectivity index (χ3v) is 13.0. The molecule has 0 amide bonds. The number of fused-ring (bicyclic) bond motifs is 14. The Labute approximate surface area is 339 Å². The van der Waals surface area contributed by atoms with E-state index in [0.717, 1.165) is 76.8 Å². The van der Waals surface area contributed by atoms with E-state index in [0.29, 0.717) is 0 Å². The predicted octanol–water partition coefficient (Wildman–Crippen LogP) is 15.0. The van der Waals surface area contributed by atoms with Gasteiger partial charge in [-0.3, -0.25) is 4.98 Å². The Morgan fingerprint density at radius 1 is 0.424 bits per heavy atom. The van der Waals surface area contributed by atoms with E-state index in [1.807, 2.05) is 30.6 Å². The number of furan rings is 2. The molecule has 1 aliphatic rings. The van der Waals surface area contributed by atoms with Crippen molar-refractivity contribution in [3.8, 4) is 44.6 Å². The Balaban J connectivity index is 1.09. The van der Waals surface area contributed by atoms with E-state index in [9.17, 15) is 0 Å². The average Bonchev–Trinajstić information content (AvgIpc) is 3.94. The summed E-state index contributed by atoms with van der Waals surface area (Å²) in [4.78, 5) is 9.93. The third kappa shape index (κ3) is 4.43. The standard InChI is InChI=1S/C55H34N2O2/c1-55(2)44-29-32(31-25-27-56-28-26-31)19-21-34(44)35-22-20-33(30-45(35)55)48-37-12-3-5-14-39(37)49(40-15-6-4-13-38(40)48)52-50-42-16-8-10-18-47(42)58-53(50)43-24-23-41-36-11-7-9-17-46(36)59-54(41)51(43)57-52/h3-30H,1-2H3. The second-order valence-corrected chi connectivity index (χ2v) is 16.4. The fourth-order valence-corrected chi connectivity index (χ4v) is 10.2. The molecule has 4 heteroatoms. The van der Waals surface area contributed by atoms with Crippen molar-refractivity contribution < 1.29 is 8.83 Å². The quantitative estimate of drug-likeness (QED) is 0.169. The van der Waals surface area contributed by atoms with Crippen LogP contribution in [0, 0.1) is 0 Å². The molecule has 12 aromatic rings. The molecule has 0 saturated heterocycles. The van der Waals surface area contributed by atoms with Crippen molar-refractivity contribution in [2.24, 2.45) is 0 Å². The number of para-hydroxylation sites is 2. The molecule has 0 unspecified atom stereocenters. The van der Waals surface area contributed by atoms with Crippen molar-refractivity contribution >= 4 is 76.3 Å². The minimum atomic E-state index is -0.194. The maximum absolute atomic E-state index is 6.80. The molecule has 276 valence electrons. The van der Waals surface area contributed by atoms with E-state index >= 15 is 0 Å². The lowest BCUT2D eigenvalue weighted by atomic mass is 9.80. The van der Waals surface area contributed by atoms with Gasteiger partial charge < -0.3 is 8.83 Å². The molecule has 4 aromatic heterocycles. The minimum Gasteiger partial charge on any atom is -0.455 e. The SMILES string of the molecule is CC1(C)c2cc(-c3ccncc3)ccc2-c2ccc(-c3c4ccccc4c(-c4nc5c(ccc6c7ccccc7oc65)c5oc6ccccc6c45)c4ccccc34)cc21. The first-order valence-corrected chi connectivity index (χ1v) is 20.2. The fourth-order valence-electron chi connectivity index (χ4n) is 10.2. The monoisotopic (exact) mass is 754 g/mol. The topological polar surface area (TPSA) is 52.1 Å². The normalized spacial score (nSPS) is 13.4. The lowest BCUT2D eigenvalue weighted by Gasteiger charge is -2.23. The Morgan fingerprint density at radius 2 is 0.949 bits per heavy atom. The highest BCUT2D eigenvalue weighted by atomic mass is 16.3. The van der Waals surface area contributed by atoms with Gasteiger partial charge in [-0.05, 0) is 115 Å². The number of aromatic nitrogens is 2. The maximum atomic E-state index is 6.80. The van der Waals surface area contributed by atoms with Crippen molar-refractivity contribution in [1.29, 1.82) is 0 Å². The third-order valence-electron chi connectivity index (χ3n) is 13.0. The summed E-state index contributed by atoms with van der Waals surface area (Å²) in [6, 6.07) is 56.7. The second-order valence-electron chi connectivity index (χ2n) is 16.4. The van der Waals surface area contributed by atoms with Crippen LogP contribution in [0.2, 0.25) is 0 Å². The van der Waals surface area contributed by atoms with E-state index in [1.54, 1.807) is 0 Å². The van der Waals surface area contributed by atoms with E-state index in [4.69, 9.17) is 13.8 Å². The van der Waals surface area contributed by atoms with Gasteiger partial charge in [-0.1, -0.05) is 123 Å². The van der Waals surface area contributed by atoms with E-state index < -0.39 is 0 Å². The summed E-state index contributed by atoms with van der Waals surface area (Å²) in [7, 11) is 0. The summed E-state index contributed by atoms with van der Waals surface area (Å²) >= 11 is 0. The van der Waals surface area contributed by atoms with Crippen LogP contribution in [0.4, 0.5) is 0 Å². The zero-order valence-electron chi connectivity index (χ0n) is 32.4. The van der Waals surface area contributed by atoms with E-state index in [-0.39, 0.29) is 5.41 Å². The first-order chi connectivity index (χ1) is 29.0. The van der Waals surface area contributed by atoms with Crippen LogP contribution in [0.3, 0.4) is 0 Å². The average molecular weight is 755 g/mol. The van der Waals surface area contributed by atoms with Gasteiger partial charge in [-0.2, -0.15) is 0 Å². The molecule has 4 nitrogen and oxygen atoms in total. The molecule has 0 spiro atoms. The Kier molecular flexibility index (Phi) is 6.48. The number of rotatable bonds is 3. The summed E-state index contributed by atoms with van der Waals surface area (Å²) in [5.41, 5.74) is 15.9. The Bertz CT molecular complexity index is 3700. The van der Waals surface area contributed by atoms with Crippen molar-refractivity contribution in [2.75, 3.05) is 0 Å². The van der Waals surface area contributed by atoms with Crippen LogP contribution in [0.1, 0.15) is 25.0 Å². The molecule has 4 heterocycles. The number of nitrogens with zero attached hydrogens (tertiary/aromatic N) is 2. The highest BCUT2D eigenvalue weighted by Crippen LogP contribution is 2.53. The summed E-state index contributed by atoms with van der Waals surface area (Å²) in [6.45, 7) is 4.73. The van der Waals surface area contributed by atoms with E-state index in [1.165, 1.54) is 55.3 Å². The van der Waals surface area contributed by atoms with Crippen LogP contribution in [0.15, 0.2) is 179 Å². The van der Waals surface area contributed by atoms with Gasteiger partial charge in [0, 0.05) is 44.9 Å². The Morgan fingerprint density at radius 3 is 1.63 bits per heavy atom. The van der Waals surface area contributed by atoms with Crippen molar-refractivity contribution in [3.63, 3.8) is 0 Å². The van der Waals surface area contributed by atoms with Gasteiger partial charge in [-0.15, -0.1) is 0 Å². The predicted molar refractivity (Wildman–Crippen MR) is 243 cm³/mol. The Hall–Kier alpha value is -7.56. The molecule has 1 aliphatic carbocycles. The molecule has 0 atom stereocenters. The van der Waals surface area contributed by atoms with Gasteiger partial charge in [0.1, 0.15) is 22.3 Å². The van der Waals surface area contributed by atoms with Gasteiger partial charge >= 0.3 is 0 Å². The second kappa shape index (κ2) is 11.7. The first-order valence-electron chi connectivity index (χ1n) is 20.2. The summed E-state index contributed by atoms with van der Waals surface area (Å²) in [5.74, 6) is 0. The van der Waals surface area contributed by atoms with Crippen LogP contribution in [0.5, 0.6) is 0 Å². The number of hydrogen-bond acceptors (Lipinski definition) is 4. The van der Waals surface area contributed by atoms with Gasteiger partial charge in [0.2, 0.25) is 0 Å². The zero-order valence-corrected chi connectivity index (χ0v) is 32.4. The lowest BCUT2D eigenvalue weighted by molar-refractivity contribution is 0.661. The van der Waals surface area contributed by atoms with Gasteiger partial charge in [0.05, 0.1) is 11.1 Å². The highest BCUT2D eigenvalue weighted by Gasteiger charge is 2.36. The fraction of sp³-hybridized carbons (Fsp3) is 0.0545. The van der Waals surface area contributed by atoms with Gasteiger partial charge in [-0.25, -0.2) is 4.98 Å². The van der Waals surface area contributed by atoms with Gasteiger partial charge in [0.25, 0.3) is 0 Å². The van der Waals surface area contributed by atoms with Crippen LogP contribution < -0.4 is 0 Å². The molecule has 8 aromatic carbocycles. The molecule has 13 rings (SSSR count). The maximum Gasteiger partial charge on any atom is 0.161 e. The molecular formula is C55H34N2O2. The minimum absolute atomic E-state index is 0.194. The van der Waals surface area contributed by atoms with Crippen LogP contribution >= 0.6 is 0 Å². The number of hydrogen-bond donors (Lipinski definition) is 0. The first kappa shape index (κ1) is 32.5. The van der Waals surface area contributed by atoms with Crippen LogP contribution in [-0.2, 0) is 5.41 Å². The molecule has 0 radical (unpaired) electrons. The smallest absolute Gasteiger partial charge is 0.161 e. The van der Waals surface area contributed by atoms with Crippen LogP contribution in [-0.4, -0.2) is 9.97 Å². The lowest BCUT2D eigenvalue weighted by Crippen LogP contribution is -2.15. The van der Waals surface area contributed by atoms with E-state index in [2.05, 4.69) is 158 Å². The van der Waals surface area contributed by atoms with Crippen molar-refractivity contribution in [3.05, 3.63) is 181 Å². The summed E-state index contributed by atoms with van der Waals surface area (Å²) in [6.07, 6.45) is 3.73. The molecule has 0 saturated carbocycles. The number of pyridine rings is 2. The zero-order chi connectivity index (χ0) is 39.0. The van der Waals surface area contributed by atoms with Crippen molar-refractivity contribution in [2.45, 2.75) is 19.3 Å². The summed E-state index contributed by atoms with van der Waals surface area (Å²) < 4.78 is 13.4. The molecule has 0 N–H and O–H groups in total. The number of benzene rings is 8. The largest absolute Gasteiger partial charge is 0.455 e. The van der Waals surface area contributed by atoms with Crippen molar-refractivity contribution in [1.82, 2.24) is 9.97 Å². The van der Waals surface area contributed by atoms with Gasteiger partial charge in [0.15, 0.2) is 5.58 Å². The molecule has 59 heavy (non-hydrogen) atoms.